The fraction of sp³-hybridized carbons (Fsp3) is 0.308. The lowest BCUT2D eigenvalue weighted by atomic mass is 10.0. The smallest absolute Gasteiger partial charge is 0.161 e. The first-order chi connectivity index (χ1) is 9.62. The number of nitrogens with two attached hydrogens (primary N) is 1. The van der Waals surface area contributed by atoms with E-state index in [1.54, 1.807) is 36.2 Å². The van der Waals surface area contributed by atoms with Crippen LogP contribution in [0, 0.1) is 0 Å². The summed E-state index contributed by atoms with van der Waals surface area (Å²) >= 11 is 12.3. The average Bonchev–Trinajstić information content (AvgIpc) is 2.86. The Balaban J connectivity index is 2.57. The summed E-state index contributed by atoms with van der Waals surface area (Å²) in [7, 11) is 1.59. The summed E-state index contributed by atoms with van der Waals surface area (Å²) in [5.74, 6) is 6.36. The fourth-order valence-corrected chi connectivity index (χ4v) is 2.54. The highest BCUT2D eigenvalue weighted by molar-refractivity contribution is 6.33. The molecular formula is C13H16Cl2N4O. The number of hydrogen-bond acceptors (Lipinski definition) is 4. The lowest BCUT2D eigenvalue weighted by Gasteiger charge is -2.20. The molecule has 2 rings (SSSR count). The van der Waals surface area contributed by atoms with E-state index in [1.807, 2.05) is 6.92 Å². The van der Waals surface area contributed by atoms with Crippen LogP contribution in [0.15, 0.2) is 24.4 Å². The highest BCUT2D eigenvalue weighted by Gasteiger charge is 2.24. The van der Waals surface area contributed by atoms with Gasteiger partial charge in [-0.15, -0.1) is 0 Å². The fourth-order valence-electron chi connectivity index (χ4n) is 2.13. The minimum Gasteiger partial charge on any atom is -0.493 e. The summed E-state index contributed by atoms with van der Waals surface area (Å²) in [6.07, 6.45) is 1.65. The zero-order chi connectivity index (χ0) is 14.7. The number of ether oxygens (including phenoxy) is 1. The van der Waals surface area contributed by atoms with E-state index in [1.165, 1.54) is 0 Å². The van der Waals surface area contributed by atoms with Crippen LogP contribution in [0.4, 0.5) is 0 Å². The predicted molar refractivity (Wildman–Crippen MR) is 80.1 cm³/mol. The van der Waals surface area contributed by atoms with Crippen LogP contribution >= 0.6 is 23.2 Å². The van der Waals surface area contributed by atoms with Crippen molar-refractivity contribution in [1.29, 1.82) is 0 Å². The van der Waals surface area contributed by atoms with Crippen molar-refractivity contribution in [2.24, 2.45) is 5.84 Å². The van der Waals surface area contributed by atoms with E-state index in [9.17, 15) is 0 Å². The minimum atomic E-state index is -0.362. The summed E-state index contributed by atoms with van der Waals surface area (Å²) in [6, 6.07) is 4.89. The summed E-state index contributed by atoms with van der Waals surface area (Å²) in [5, 5.41) is 5.43. The number of methoxy groups -OCH3 is 1. The summed E-state index contributed by atoms with van der Waals surface area (Å²) in [4.78, 5) is 0. The highest BCUT2D eigenvalue weighted by Crippen LogP contribution is 2.34. The quantitative estimate of drug-likeness (QED) is 0.658. The van der Waals surface area contributed by atoms with Crippen LogP contribution in [-0.2, 0) is 6.54 Å². The van der Waals surface area contributed by atoms with Crippen molar-refractivity contribution in [3.8, 4) is 5.75 Å². The van der Waals surface area contributed by atoms with Crippen molar-refractivity contribution in [2.75, 3.05) is 7.11 Å². The molecule has 1 unspecified atom stereocenters. The molecule has 0 radical (unpaired) electrons. The molecule has 0 aliphatic heterocycles. The van der Waals surface area contributed by atoms with Crippen molar-refractivity contribution in [3.05, 3.63) is 45.7 Å². The van der Waals surface area contributed by atoms with Gasteiger partial charge in [-0.3, -0.25) is 10.5 Å². The second kappa shape index (κ2) is 6.45. The first-order valence-electron chi connectivity index (χ1n) is 6.13. The number of benzene rings is 1. The van der Waals surface area contributed by atoms with Gasteiger partial charge in [0.1, 0.15) is 5.69 Å². The third kappa shape index (κ3) is 2.76. The van der Waals surface area contributed by atoms with Crippen molar-refractivity contribution in [1.82, 2.24) is 15.2 Å². The SMILES string of the molecule is CCn1ncc(OC)c1C(NN)c1cc(Cl)ccc1Cl. The number of rotatable bonds is 5. The van der Waals surface area contributed by atoms with Crippen molar-refractivity contribution in [2.45, 2.75) is 19.5 Å². The monoisotopic (exact) mass is 314 g/mol. The number of hydrazine groups is 1. The van der Waals surface area contributed by atoms with Gasteiger partial charge in [0.25, 0.3) is 0 Å². The Morgan fingerprint density at radius 1 is 1.45 bits per heavy atom. The number of aromatic nitrogens is 2. The average molecular weight is 315 g/mol. The molecule has 1 aromatic heterocycles. The van der Waals surface area contributed by atoms with E-state index >= 15 is 0 Å². The third-order valence-electron chi connectivity index (χ3n) is 3.07. The molecule has 0 aliphatic rings. The van der Waals surface area contributed by atoms with Gasteiger partial charge in [0.05, 0.1) is 19.3 Å². The number of halogens is 2. The normalized spacial score (nSPS) is 12.4. The molecule has 20 heavy (non-hydrogen) atoms. The largest absolute Gasteiger partial charge is 0.493 e. The maximum Gasteiger partial charge on any atom is 0.161 e. The van der Waals surface area contributed by atoms with Crippen molar-refractivity contribution < 1.29 is 4.74 Å². The van der Waals surface area contributed by atoms with Gasteiger partial charge in [-0.1, -0.05) is 23.2 Å². The summed E-state index contributed by atoms with van der Waals surface area (Å²) in [6.45, 7) is 2.68. The number of aryl methyl sites for hydroxylation is 1. The van der Waals surface area contributed by atoms with Crippen LogP contribution in [0.25, 0.3) is 0 Å². The Bertz CT molecular complexity index is 579. The van der Waals surface area contributed by atoms with E-state index in [0.29, 0.717) is 22.3 Å². The van der Waals surface area contributed by atoms with Crippen LogP contribution in [0.5, 0.6) is 5.75 Å². The molecular weight excluding hydrogens is 299 g/mol. The Labute approximate surface area is 127 Å². The van der Waals surface area contributed by atoms with Gasteiger partial charge in [-0.2, -0.15) is 5.10 Å². The third-order valence-corrected chi connectivity index (χ3v) is 3.65. The van der Waals surface area contributed by atoms with Gasteiger partial charge < -0.3 is 4.74 Å². The number of hydrogen-bond donors (Lipinski definition) is 2. The molecule has 0 fully saturated rings. The molecule has 1 heterocycles. The lowest BCUT2D eigenvalue weighted by molar-refractivity contribution is 0.399. The topological polar surface area (TPSA) is 65.1 Å². The van der Waals surface area contributed by atoms with E-state index in [0.717, 1.165) is 11.3 Å². The summed E-state index contributed by atoms with van der Waals surface area (Å²) in [5.41, 5.74) is 4.33. The second-order valence-electron chi connectivity index (χ2n) is 4.18. The van der Waals surface area contributed by atoms with Crippen molar-refractivity contribution >= 4 is 23.2 Å². The standard InChI is InChI=1S/C13H16Cl2N4O/c1-3-19-13(11(20-2)7-17-19)12(18-16)9-6-8(14)4-5-10(9)15/h4-7,12,18H,3,16H2,1-2H3. The Kier molecular flexibility index (Phi) is 4.88. The van der Waals surface area contributed by atoms with Gasteiger partial charge in [-0.25, -0.2) is 5.43 Å². The summed E-state index contributed by atoms with van der Waals surface area (Å²) < 4.78 is 7.15. The highest BCUT2D eigenvalue weighted by atomic mass is 35.5. The van der Waals surface area contributed by atoms with Gasteiger partial charge in [0.15, 0.2) is 5.75 Å². The van der Waals surface area contributed by atoms with Crippen LogP contribution in [0.3, 0.4) is 0 Å². The Hall–Kier alpha value is -1.27. The van der Waals surface area contributed by atoms with E-state index in [4.69, 9.17) is 33.8 Å². The molecule has 1 aromatic carbocycles. The van der Waals surface area contributed by atoms with Gasteiger partial charge in [-0.05, 0) is 30.7 Å². The van der Waals surface area contributed by atoms with Gasteiger partial charge >= 0.3 is 0 Å². The minimum absolute atomic E-state index is 0.362. The molecule has 7 heteroatoms. The maximum absolute atomic E-state index is 6.25. The first kappa shape index (κ1) is 15.1. The van der Waals surface area contributed by atoms with E-state index in [-0.39, 0.29) is 6.04 Å². The van der Waals surface area contributed by atoms with E-state index in [2.05, 4.69) is 10.5 Å². The van der Waals surface area contributed by atoms with Crippen molar-refractivity contribution in [3.63, 3.8) is 0 Å². The number of nitrogens with one attached hydrogen (secondary N) is 1. The molecule has 2 aromatic rings. The Morgan fingerprint density at radius 3 is 2.80 bits per heavy atom. The molecule has 0 saturated heterocycles. The maximum atomic E-state index is 6.25. The molecule has 0 bridgehead atoms. The van der Waals surface area contributed by atoms with Gasteiger partial charge in [0, 0.05) is 16.6 Å². The van der Waals surface area contributed by atoms with Gasteiger partial charge in [0.2, 0.25) is 0 Å². The molecule has 108 valence electrons. The molecule has 0 amide bonds. The lowest BCUT2D eigenvalue weighted by Crippen LogP contribution is -2.31. The first-order valence-corrected chi connectivity index (χ1v) is 6.88. The molecule has 5 nitrogen and oxygen atoms in total. The van der Waals surface area contributed by atoms with Crippen LogP contribution < -0.4 is 16.0 Å². The zero-order valence-electron chi connectivity index (χ0n) is 11.2. The molecule has 0 aliphatic carbocycles. The van der Waals surface area contributed by atoms with E-state index < -0.39 is 0 Å². The molecule has 0 spiro atoms. The second-order valence-corrected chi connectivity index (χ2v) is 5.02. The molecule has 0 saturated carbocycles. The van der Waals surface area contributed by atoms with Crippen LogP contribution in [-0.4, -0.2) is 16.9 Å². The Morgan fingerprint density at radius 2 is 2.20 bits per heavy atom. The van der Waals surface area contributed by atoms with Crippen LogP contribution in [0.2, 0.25) is 10.0 Å². The molecule has 1 atom stereocenters. The zero-order valence-corrected chi connectivity index (χ0v) is 12.7. The van der Waals surface area contributed by atoms with Crippen LogP contribution in [0.1, 0.15) is 24.2 Å². The molecule has 3 N–H and O–H groups in total. The predicted octanol–water partition coefficient (Wildman–Crippen LogP) is 2.77. The number of nitrogens with zero attached hydrogens (tertiary/aromatic N) is 2.